The van der Waals surface area contributed by atoms with Crippen LogP contribution in [0.1, 0.15) is 12.7 Å². The Kier molecular flexibility index (Phi) is 6.15. The Morgan fingerprint density at radius 1 is 1.09 bits per heavy atom. The smallest absolute Gasteiger partial charge is 0.243 e. The molecule has 0 unspecified atom stereocenters. The molecule has 1 fully saturated rings. The standard InChI is InChI=1S/C21H23N7O3S2/c1-2-27-19-9-8-17(33(29,30)26-10-12-31-13-11-26)14-18(19)22-21(27)32-15-20-23-24-25-28(20)16-6-4-3-5-7-16/h3-9,14H,2,10-13,15H2,1H3. The zero-order valence-electron chi connectivity index (χ0n) is 18.0. The molecule has 0 bridgehead atoms. The van der Waals surface area contributed by atoms with Gasteiger partial charge in [0.2, 0.25) is 10.0 Å². The minimum atomic E-state index is -3.58. The number of para-hydroxylation sites is 1. The van der Waals surface area contributed by atoms with Crippen molar-refractivity contribution in [2.45, 2.75) is 29.3 Å². The summed E-state index contributed by atoms with van der Waals surface area (Å²) >= 11 is 1.52. The number of morpholine rings is 1. The van der Waals surface area contributed by atoms with E-state index in [-0.39, 0.29) is 4.90 Å². The first-order chi connectivity index (χ1) is 16.1. The van der Waals surface area contributed by atoms with Gasteiger partial charge < -0.3 is 9.30 Å². The van der Waals surface area contributed by atoms with Gasteiger partial charge in [-0.1, -0.05) is 30.0 Å². The van der Waals surface area contributed by atoms with Crippen molar-refractivity contribution in [2.75, 3.05) is 26.3 Å². The van der Waals surface area contributed by atoms with Gasteiger partial charge in [-0.25, -0.2) is 13.4 Å². The summed E-state index contributed by atoms with van der Waals surface area (Å²) in [4.78, 5) is 5.00. The van der Waals surface area contributed by atoms with E-state index in [4.69, 9.17) is 9.72 Å². The molecule has 0 radical (unpaired) electrons. The maximum Gasteiger partial charge on any atom is 0.243 e. The largest absolute Gasteiger partial charge is 0.379 e. The van der Waals surface area contributed by atoms with Gasteiger partial charge in [0.15, 0.2) is 11.0 Å². The second-order valence-electron chi connectivity index (χ2n) is 7.44. The van der Waals surface area contributed by atoms with E-state index in [1.165, 1.54) is 16.1 Å². The van der Waals surface area contributed by atoms with E-state index < -0.39 is 10.0 Å². The summed E-state index contributed by atoms with van der Waals surface area (Å²) in [5.41, 5.74) is 2.43. The number of fused-ring (bicyclic) bond motifs is 1. The summed E-state index contributed by atoms with van der Waals surface area (Å²) in [6.07, 6.45) is 0. The van der Waals surface area contributed by atoms with Gasteiger partial charge in [0.05, 0.1) is 40.6 Å². The Morgan fingerprint density at radius 2 is 1.88 bits per heavy atom. The maximum absolute atomic E-state index is 13.1. The topological polar surface area (TPSA) is 108 Å². The fraction of sp³-hybridized carbons (Fsp3) is 0.333. The summed E-state index contributed by atoms with van der Waals surface area (Å²) in [5, 5.41) is 12.9. The fourth-order valence-electron chi connectivity index (χ4n) is 3.79. The highest BCUT2D eigenvalue weighted by Crippen LogP contribution is 2.29. The number of hydrogen-bond donors (Lipinski definition) is 0. The molecular formula is C21H23N7O3S2. The van der Waals surface area contributed by atoms with E-state index in [9.17, 15) is 8.42 Å². The van der Waals surface area contributed by atoms with Gasteiger partial charge >= 0.3 is 0 Å². The molecule has 0 saturated carbocycles. The summed E-state index contributed by atoms with van der Waals surface area (Å²) in [5.74, 6) is 1.22. The van der Waals surface area contributed by atoms with Crippen LogP contribution in [0, 0.1) is 0 Å². The molecule has 2 aromatic carbocycles. The number of hydrogen-bond acceptors (Lipinski definition) is 8. The Balaban J connectivity index is 1.42. The second kappa shape index (κ2) is 9.21. The second-order valence-corrected chi connectivity index (χ2v) is 10.3. The van der Waals surface area contributed by atoms with E-state index in [0.717, 1.165) is 16.4 Å². The van der Waals surface area contributed by atoms with Crippen molar-refractivity contribution in [1.82, 2.24) is 34.1 Å². The molecule has 3 heterocycles. The normalized spacial score (nSPS) is 15.3. The zero-order chi connectivity index (χ0) is 22.8. The van der Waals surface area contributed by atoms with Gasteiger partial charge in [-0.3, -0.25) is 0 Å². The van der Waals surface area contributed by atoms with E-state index in [1.807, 2.05) is 43.3 Å². The van der Waals surface area contributed by atoms with Crippen LogP contribution in [-0.4, -0.2) is 68.8 Å². The predicted molar refractivity (Wildman–Crippen MR) is 124 cm³/mol. The lowest BCUT2D eigenvalue weighted by atomic mass is 10.3. The Bertz CT molecular complexity index is 1360. The van der Waals surface area contributed by atoms with Crippen LogP contribution in [0.25, 0.3) is 16.7 Å². The minimum absolute atomic E-state index is 0.252. The summed E-state index contributed by atoms with van der Waals surface area (Å²) in [6, 6.07) is 14.9. The molecule has 172 valence electrons. The third kappa shape index (κ3) is 4.26. The first-order valence-electron chi connectivity index (χ1n) is 10.6. The SMILES string of the molecule is CCn1c(SCc2nnnn2-c2ccccc2)nc2cc(S(=O)(=O)N3CCOCC3)ccc21. The fourth-order valence-corrected chi connectivity index (χ4v) is 6.21. The molecule has 0 N–H and O–H groups in total. The third-order valence-electron chi connectivity index (χ3n) is 5.47. The summed E-state index contributed by atoms with van der Waals surface area (Å²) < 4.78 is 36.6. The Labute approximate surface area is 195 Å². The average molecular weight is 486 g/mol. The highest BCUT2D eigenvalue weighted by atomic mass is 32.2. The molecule has 1 aliphatic rings. The molecule has 5 rings (SSSR count). The third-order valence-corrected chi connectivity index (χ3v) is 8.34. The molecule has 2 aromatic heterocycles. The lowest BCUT2D eigenvalue weighted by Gasteiger charge is -2.26. The molecule has 0 aliphatic carbocycles. The van der Waals surface area contributed by atoms with Crippen molar-refractivity contribution < 1.29 is 13.2 Å². The van der Waals surface area contributed by atoms with Crippen molar-refractivity contribution >= 4 is 32.8 Å². The molecule has 0 spiro atoms. The lowest BCUT2D eigenvalue weighted by molar-refractivity contribution is 0.0730. The first-order valence-corrected chi connectivity index (χ1v) is 13.0. The molecule has 33 heavy (non-hydrogen) atoms. The van der Waals surface area contributed by atoms with E-state index in [1.54, 1.807) is 16.8 Å². The number of ether oxygens (including phenoxy) is 1. The molecule has 0 atom stereocenters. The van der Waals surface area contributed by atoms with Gasteiger partial charge in [-0.05, 0) is 47.7 Å². The van der Waals surface area contributed by atoms with Crippen LogP contribution in [0.2, 0.25) is 0 Å². The highest BCUT2D eigenvalue weighted by molar-refractivity contribution is 7.98. The monoisotopic (exact) mass is 485 g/mol. The van der Waals surface area contributed by atoms with Gasteiger partial charge in [0, 0.05) is 19.6 Å². The zero-order valence-corrected chi connectivity index (χ0v) is 19.7. The molecule has 1 aliphatic heterocycles. The Morgan fingerprint density at radius 3 is 2.64 bits per heavy atom. The quantitative estimate of drug-likeness (QED) is 0.367. The van der Waals surface area contributed by atoms with Crippen molar-refractivity contribution in [1.29, 1.82) is 0 Å². The van der Waals surface area contributed by atoms with Crippen molar-refractivity contribution in [3.63, 3.8) is 0 Å². The maximum atomic E-state index is 13.1. The molecule has 4 aromatic rings. The molecule has 1 saturated heterocycles. The van der Waals surface area contributed by atoms with E-state index in [2.05, 4.69) is 20.1 Å². The van der Waals surface area contributed by atoms with Gasteiger partial charge in [0.1, 0.15) is 0 Å². The van der Waals surface area contributed by atoms with Crippen LogP contribution >= 0.6 is 11.8 Å². The van der Waals surface area contributed by atoms with Gasteiger partial charge in [-0.2, -0.15) is 8.99 Å². The minimum Gasteiger partial charge on any atom is -0.379 e. The molecule has 0 amide bonds. The van der Waals surface area contributed by atoms with Crippen LogP contribution in [-0.2, 0) is 27.1 Å². The number of nitrogens with zero attached hydrogens (tertiary/aromatic N) is 7. The Hall–Kier alpha value is -2.80. The van der Waals surface area contributed by atoms with Gasteiger partial charge in [-0.15, -0.1) is 5.10 Å². The number of aromatic nitrogens is 6. The van der Waals surface area contributed by atoms with Crippen molar-refractivity contribution in [2.24, 2.45) is 0 Å². The number of benzene rings is 2. The summed E-state index contributed by atoms with van der Waals surface area (Å²) in [6.45, 7) is 4.29. The first kappa shape index (κ1) is 22.0. The number of rotatable bonds is 7. The van der Waals surface area contributed by atoms with Crippen LogP contribution in [0.5, 0.6) is 0 Å². The van der Waals surface area contributed by atoms with E-state index >= 15 is 0 Å². The number of aryl methyl sites for hydroxylation is 1. The van der Waals surface area contributed by atoms with Crippen LogP contribution in [0.3, 0.4) is 0 Å². The lowest BCUT2D eigenvalue weighted by Crippen LogP contribution is -2.40. The van der Waals surface area contributed by atoms with Crippen LogP contribution in [0.4, 0.5) is 0 Å². The van der Waals surface area contributed by atoms with Crippen molar-refractivity contribution in [3.05, 3.63) is 54.4 Å². The van der Waals surface area contributed by atoms with Crippen LogP contribution in [0.15, 0.2) is 58.6 Å². The summed E-state index contributed by atoms with van der Waals surface area (Å²) in [7, 11) is -3.58. The molecule has 12 heteroatoms. The number of tetrazole rings is 1. The number of sulfonamides is 1. The molecular weight excluding hydrogens is 462 g/mol. The van der Waals surface area contributed by atoms with E-state index in [0.29, 0.717) is 49.9 Å². The number of imidazole rings is 1. The highest BCUT2D eigenvalue weighted by Gasteiger charge is 2.27. The van der Waals surface area contributed by atoms with Crippen molar-refractivity contribution in [3.8, 4) is 5.69 Å². The molecule has 10 nitrogen and oxygen atoms in total. The predicted octanol–water partition coefficient (Wildman–Crippen LogP) is 2.35. The number of thioether (sulfide) groups is 1. The van der Waals surface area contributed by atoms with Crippen LogP contribution < -0.4 is 0 Å². The van der Waals surface area contributed by atoms with Gasteiger partial charge in [0.25, 0.3) is 0 Å². The average Bonchev–Trinajstić information content (AvgIpc) is 3.47.